The summed E-state index contributed by atoms with van der Waals surface area (Å²) < 4.78 is 6.97. The molecule has 6 nitrogen and oxygen atoms in total. The molecule has 88 valence electrons. The smallest absolute Gasteiger partial charge is 0.351 e. The van der Waals surface area contributed by atoms with Crippen molar-refractivity contribution in [2.24, 2.45) is 5.92 Å². The topological polar surface area (TPSA) is 90.4 Å². The number of nitrogens with zero attached hydrogens (tertiary/aromatic N) is 2. The van der Waals surface area contributed by atoms with Crippen LogP contribution in [0.3, 0.4) is 0 Å². The van der Waals surface area contributed by atoms with Gasteiger partial charge in [-0.3, -0.25) is 4.57 Å². The summed E-state index contributed by atoms with van der Waals surface area (Å²) in [6.45, 7) is 1.95. The normalized spacial score (nSPS) is 29.5. The third kappa shape index (κ3) is 1.94. The van der Waals surface area contributed by atoms with Crippen molar-refractivity contribution in [1.82, 2.24) is 9.55 Å². The monoisotopic (exact) mass is 225 g/mol. The molecule has 1 saturated heterocycles. The van der Waals surface area contributed by atoms with E-state index in [4.69, 9.17) is 15.6 Å². The van der Waals surface area contributed by atoms with Crippen molar-refractivity contribution in [1.29, 1.82) is 0 Å². The Labute approximate surface area is 92.7 Å². The van der Waals surface area contributed by atoms with E-state index in [2.05, 4.69) is 4.98 Å². The molecule has 0 saturated carbocycles. The van der Waals surface area contributed by atoms with Crippen molar-refractivity contribution in [3.8, 4) is 0 Å². The highest BCUT2D eigenvalue weighted by atomic mass is 16.5. The van der Waals surface area contributed by atoms with Gasteiger partial charge in [-0.25, -0.2) is 4.79 Å². The van der Waals surface area contributed by atoms with Crippen molar-refractivity contribution < 1.29 is 9.84 Å². The molecule has 6 heteroatoms. The van der Waals surface area contributed by atoms with Gasteiger partial charge in [-0.05, 0) is 18.4 Å². The fourth-order valence-electron chi connectivity index (χ4n) is 1.91. The minimum absolute atomic E-state index is 0.0329. The minimum Gasteiger partial charge on any atom is -0.394 e. The maximum atomic E-state index is 11.6. The maximum absolute atomic E-state index is 11.6. The predicted octanol–water partition coefficient (Wildman–Crippen LogP) is -0.259. The number of hydrogen-bond donors (Lipinski definition) is 2. The molecule has 0 radical (unpaired) electrons. The molecule has 2 rings (SSSR count). The molecule has 0 bridgehead atoms. The first-order valence-corrected chi connectivity index (χ1v) is 5.23. The van der Waals surface area contributed by atoms with Gasteiger partial charge in [0.2, 0.25) is 0 Å². The SMILES string of the molecule is CC1C[C@H](n2ccc(N)nc2=O)O[C@@H]1CO. The van der Waals surface area contributed by atoms with Crippen LogP contribution < -0.4 is 11.4 Å². The lowest BCUT2D eigenvalue weighted by atomic mass is 10.0. The molecule has 1 fully saturated rings. The van der Waals surface area contributed by atoms with E-state index in [1.807, 2.05) is 6.92 Å². The van der Waals surface area contributed by atoms with Gasteiger partial charge in [0.25, 0.3) is 0 Å². The van der Waals surface area contributed by atoms with Gasteiger partial charge in [0.05, 0.1) is 12.7 Å². The van der Waals surface area contributed by atoms with E-state index in [1.54, 1.807) is 12.3 Å². The first-order valence-electron chi connectivity index (χ1n) is 5.23. The summed E-state index contributed by atoms with van der Waals surface area (Å²) in [4.78, 5) is 15.2. The van der Waals surface area contributed by atoms with Crippen molar-refractivity contribution in [2.75, 3.05) is 12.3 Å². The second-order valence-corrected chi connectivity index (χ2v) is 4.07. The number of nitrogens with two attached hydrogens (primary N) is 1. The lowest BCUT2D eigenvalue weighted by Crippen LogP contribution is -2.27. The largest absolute Gasteiger partial charge is 0.394 e. The molecule has 3 N–H and O–H groups in total. The number of ether oxygens (including phenoxy) is 1. The van der Waals surface area contributed by atoms with E-state index >= 15 is 0 Å². The van der Waals surface area contributed by atoms with E-state index in [-0.39, 0.29) is 30.7 Å². The molecule has 0 aromatic carbocycles. The summed E-state index contributed by atoms with van der Waals surface area (Å²) >= 11 is 0. The van der Waals surface area contributed by atoms with Crippen LogP contribution in [0, 0.1) is 5.92 Å². The number of aliphatic hydroxyl groups is 1. The Morgan fingerprint density at radius 1 is 1.75 bits per heavy atom. The summed E-state index contributed by atoms with van der Waals surface area (Å²) in [6, 6.07) is 1.56. The van der Waals surface area contributed by atoms with Crippen molar-refractivity contribution in [3.05, 3.63) is 22.7 Å². The Kier molecular flexibility index (Phi) is 2.93. The molecule has 0 amide bonds. The first-order chi connectivity index (χ1) is 7.61. The Hall–Kier alpha value is -1.40. The molecule has 1 aliphatic heterocycles. The standard InChI is InChI=1S/C10H15N3O3/c1-6-4-9(16-7(6)5-14)13-3-2-8(11)12-10(13)15/h2-3,6-7,9,14H,4-5H2,1H3,(H2,11,12,15)/t6?,7-,9-/m1/s1. The van der Waals surface area contributed by atoms with E-state index in [1.165, 1.54) is 4.57 Å². The van der Waals surface area contributed by atoms with Gasteiger partial charge in [0.1, 0.15) is 12.0 Å². The summed E-state index contributed by atoms with van der Waals surface area (Å²) in [5.74, 6) is 0.422. The maximum Gasteiger partial charge on any atom is 0.351 e. The van der Waals surface area contributed by atoms with Crippen LogP contribution in [0.25, 0.3) is 0 Å². The number of anilines is 1. The minimum atomic E-state index is -0.421. The second kappa shape index (κ2) is 4.23. The Morgan fingerprint density at radius 2 is 2.50 bits per heavy atom. The molecule has 1 unspecified atom stereocenters. The third-order valence-electron chi connectivity index (χ3n) is 2.88. The van der Waals surface area contributed by atoms with Gasteiger partial charge in [-0.2, -0.15) is 4.98 Å². The Morgan fingerprint density at radius 3 is 3.06 bits per heavy atom. The van der Waals surface area contributed by atoms with Gasteiger partial charge < -0.3 is 15.6 Å². The van der Waals surface area contributed by atoms with E-state index in [0.717, 1.165) is 0 Å². The first kappa shape index (κ1) is 11.1. The summed E-state index contributed by atoms with van der Waals surface area (Å²) in [7, 11) is 0. The van der Waals surface area contributed by atoms with Crippen LogP contribution in [0.4, 0.5) is 5.82 Å². The van der Waals surface area contributed by atoms with E-state index in [9.17, 15) is 4.79 Å². The van der Waals surface area contributed by atoms with Crippen LogP contribution in [0.5, 0.6) is 0 Å². The highest BCUT2D eigenvalue weighted by Gasteiger charge is 2.33. The molecule has 0 spiro atoms. The van der Waals surface area contributed by atoms with Gasteiger partial charge in [0, 0.05) is 6.20 Å². The zero-order chi connectivity index (χ0) is 11.7. The third-order valence-corrected chi connectivity index (χ3v) is 2.88. The molecule has 16 heavy (non-hydrogen) atoms. The number of rotatable bonds is 2. The van der Waals surface area contributed by atoms with Crippen LogP contribution in [0.15, 0.2) is 17.1 Å². The molecule has 3 atom stereocenters. The Bertz CT molecular complexity index is 432. The van der Waals surface area contributed by atoms with Crippen LogP contribution >= 0.6 is 0 Å². The van der Waals surface area contributed by atoms with E-state index < -0.39 is 5.69 Å². The Balaban J connectivity index is 2.23. The number of aromatic nitrogens is 2. The number of hydrogen-bond acceptors (Lipinski definition) is 5. The lowest BCUT2D eigenvalue weighted by Gasteiger charge is -2.14. The van der Waals surface area contributed by atoms with Crippen LogP contribution in [0.2, 0.25) is 0 Å². The second-order valence-electron chi connectivity index (χ2n) is 4.07. The van der Waals surface area contributed by atoms with Gasteiger partial charge in [0.15, 0.2) is 0 Å². The van der Waals surface area contributed by atoms with Crippen LogP contribution in [-0.4, -0.2) is 27.4 Å². The van der Waals surface area contributed by atoms with Gasteiger partial charge >= 0.3 is 5.69 Å². The molecule has 1 aromatic heterocycles. The average molecular weight is 225 g/mol. The van der Waals surface area contributed by atoms with E-state index in [0.29, 0.717) is 6.42 Å². The molecular formula is C10H15N3O3. The molecule has 0 aliphatic carbocycles. The van der Waals surface area contributed by atoms with Crippen molar-refractivity contribution in [3.63, 3.8) is 0 Å². The molecule has 1 aromatic rings. The summed E-state index contributed by atoms with van der Waals surface area (Å²) in [5, 5.41) is 9.07. The fourth-order valence-corrected chi connectivity index (χ4v) is 1.91. The number of aliphatic hydroxyl groups excluding tert-OH is 1. The molecular weight excluding hydrogens is 210 g/mol. The molecule has 1 aliphatic rings. The number of nitrogen functional groups attached to an aromatic ring is 1. The predicted molar refractivity (Wildman–Crippen MR) is 57.7 cm³/mol. The summed E-state index contributed by atoms with van der Waals surface area (Å²) in [5.41, 5.74) is 4.98. The van der Waals surface area contributed by atoms with Crippen molar-refractivity contribution in [2.45, 2.75) is 25.7 Å². The average Bonchev–Trinajstić information content (AvgIpc) is 2.59. The van der Waals surface area contributed by atoms with Gasteiger partial charge in [-0.1, -0.05) is 6.92 Å². The van der Waals surface area contributed by atoms with Crippen molar-refractivity contribution >= 4 is 5.82 Å². The lowest BCUT2D eigenvalue weighted by molar-refractivity contribution is -0.0312. The fraction of sp³-hybridized carbons (Fsp3) is 0.600. The van der Waals surface area contributed by atoms with Crippen LogP contribution in [0.1, 0.15) is 19.6 Å². The quantitative estimate of drug-likeness (QED) is 0.723. The zero-order valence-corrected chi connectivity index (χ0v) is 9.04. The zero-order valence-electron chi connectivity index (χ0n) is 9.04. The highest BCUT2D eigenvalue weighted by molar-refractivity contribution is 5.23. The summed E-state index contributed by atoms with van der Waals surface area (Å²) in [6.07, 6.45) is 1.70. The molecule has 2 heterocycles. The van der Waals surface area contributed by atoms with Crippen LogP contribution in [-0.2, 0) is 4.74 Å². The highest BCUT2D eigenvalue weighted by Crippen LogP contribution is 2.31. The van der Waals surface area contributed by atoms with Gasteiger partial charge in [-0.15, -0.1) is 0 Å².